The molecule has 0 fully saturated rings. The third kappa shape index (κ3) is 2.17. The zero-order valence-corrected chi connectivity index (χ0v) is 9.77. The maximum atomic E-state index is 9.71. The molecule has 0 spiro atoms. The van der Waals surface area contributed by atoms with Crippen molar-refractivity contribution in [3.8, 4) is 0 Å². The van der Waals surface area contributed by atoms with Crippen LogP contribution < -0.4 is 5.32 Å². The van der Waals surface area contributed by atoms with Crippen LogP contribution in [0.5, 0.6) is 0 Å². The molecule has 0 radical (unpaired) electrons. The van der Waals surface area contributed by atoms with Crippen LogP contribution in [0.2, 0.25) is 0 Å². The molecular weight excluding hydrogens is 260 g/mol. The van der Waals surface area contributed by atoms with Crippen LogP contribution in [0.3, 0.4) is 0 Å². The van der Waals surface area contributed by atoms with Gasteiger partial charge in [0.15, 0.2) is 0 Å². The Morgan fingerprint density at radius 2 is 2.40 bits per heavy atom. The second-order valence-corrected chi connectivity index (χ2v) is 4.13. The molecule has 1 atom stereocenters. The summed E-state index contributed by atoms with van der Waals surface area (Å²) in [4.78, 5) is 8.33. The van der Waals surface area contributed by atoms with Crippen molar-refractivity contribution in [3.05, 3.63) is 28.8 Å². The van der Waals surface area contributed by atoms with Crippen molar-refractivity contribution in [2.24, 2.45) is 0 Å². The van der Waals surface area contributed by atoms with E-state index in [2.05, 4.69) is 31.2 Å². The normalized spacial score (nSPS) is 13.3. The number of imidazole rings is 1. The molecule has 1 unspecified atom stereocenters. The smallest absolute Gasteiger partial charge is 0.234 e. The van der Waals surface area contributed by atoms with Crippen molar-refractivity contribution < 1.29 is 5.11 Å². The summed E-state index contributed by atoms with van der Waals surface area (Å²) in [6, 6.07) is 0. The first-order chi connectivity index (χ1) is 7.20. The van der Waals surface area contributed by atoms with Gasteiger partial charge in [-0.3, -0.25) is 4.40 Å². The summed E-state index contributed by atoms with van der Waals surface area (Å²) in [5.74, 6) is 0.586. The van der Waals surface area contributed by atoms with Crippen molar-refractivity contribution in [2.75, 3.05) is 13.6 Å². The molecule has 15 heavy (non-hydrogen) atoms. The van der Waals surface area contributed by atoms with Crippen molar-refractivity contribution in [2.45, 2.75) is 6.10 Å². The molecule has 80 valence electrons. The van der Waals surface area contributed by atoms with Crippen LogP contribution in [0, 0.1) is 0 Å². The van der Waals surface area contributed by atoms with Gasteiger partial charge in [0.2, 0.25) is 5.78 Å². The van der Waals surface area contributed by atoms with E-state index in [1.807, 2.05) is 6.20 Å². The average Bonchev–Trinajstić information content (AvgIpc) is 2.60. The highest BCUT2D eigenvalue weighted by Crippen LogP contribution is 2.14. The molecule has 2 heterocycles. The Kier molecular flexibility index (Phi) is 2.99. The molecule has 6 heteroatoms. The lowest BCUT2D eigenvalue weighted by atomic mass is 10.3. The molecule has 0 saturated heterocycles. The minimum absolute atomic E-state index is 0.477. The summed E-state index contributed by atoms with van der Waals surface area (Å²) >= 11 is 3.32. The van der Waals surface area contributed by atoms with E-state index in [9.17, 15) is 5.11 Å². The third-order valence-corrected chi connectivity index (χ3v) is 2.45. The predicted octanol–water partition coefficient (Wildman–Crippen LogP) is 0.745. The van der Waals surface area contributed by atoms with Gasteiger partial charge in [0.05, 0.1) is 10.2 Å². The Balaban J connectivity index is 2.38. The van der Waals surface area contributed by atoms with Crippen LogP contribution in [0.4, 0.5) is 0 Å². The van der Waals surface area contributed by atoms with Crippen LogP contribution in [-0.2, 0) is 0 Å². The minimum Gasteiger partial charge on any atom is -0.385 e. The van der Waals surface area contributed by atoms with E-state index in [4.69, 9.17) is 0 Å². The molecule has 2 N–H and O–H groups in total. The number of nitrogens with zero attached hydrogens (tertiary/aromatic N) is 3. The first kappa shape index (κ1) is 10.5. The fourth-order valence-corrected chi connectivity index (χ4v) is 1.66. The quantitative estimate of drug-likeness (QED) is 0.864. The second kappa shape index (κ2) is 4.26. The van der Waals surface area contributed by atoms with E-state index in [-0.39, 0.29) is 0 Å². The number of aliphatic hydroxyl groups excluding tert-OH is 1. The Morgan fingerprint density at radius 1 is 1.60 bits per heavy atom. The van der Waals surface area contributed by atoms with Gasteiger partial charge < -0.3 is 10.4 Å². The number of rotatable bonds is 3. The summed E-state index contributed by atoms with van der Waals surface area (Å²) in [5, 5.41) is 12.6. The molecule has 0 aliphatic heterocycles. The van der Waals surface area contributed by atoms with E-state index < -0.39 is 6.10 Å². The minimum atomic E-state index is -0.601. The molecule has 0 bridgehead atoms. The van der Waals surface area contributed by atoms with Crippen LogP contribution in [-0.4, -0.2) is 33.1 Å². The predicted molar refractivity (Wildman–Crippen MR) is 59.6 cm³/mol. The van der Waals surface area contributed by atoms with Gasteiger partial charge in [0, 0.05) is 25.1 Å². The van der Waals surface area contributed by atoms with E-state index >= 15 is 0 Å². The maximum Gasteiger partial charge on any atom is 0.234 e. The molecule has 2 aromatic heterocycles. The molecule has 2 rings (SSSR count). The molecule has 2 aromatic rings. The van der Waals surface area contributed by atoms with E-state index in [0.29, 0.717) is 18.0 Å². The Labute approximate surface area is 95.3 Å². The molecule has 5 nitrogen and oxygen atoms in total. The summed E-state index contributed by atoms with van der Waals surface area (Å²) in [6.07, 6.45) is 4.70. The molecule has 0 amide bonds. The van der Waals surface area contributed by atoms with E-state index in [0.717, 1.165) is 4.47 Å². The Bertz CT molecular complexity index is 470. The Hall–Kier alpha value is -0.980. The summed E-state index contributed by atoms with van der Waals surface area (Å²) in [6.45, 7) is 0.477. The molecule has 0 saturated carbocycles. The molecular formula is C9H11BrN4O. The van der Waals surface area contributed by atoms with Crippen molar-refractivity contribution in [1.29, 1.82) is 0 Å². The van der Waals surface area contributed by atoms with Gasteiger partial charge in [-0.15, -0.1) is 0 Å². The summed E-state index contributed by atoms with van der Waals surface area (Å²) in [5.41, 5.74) is 0.620. The molecule has 0 aromatic carbocycles. The van der Waals surface area contributed by atoms with E-state index in [1.165, 1.54) is 0 Å². The van der Waals surface area contributed by atoms with Crippen molar-refractivity contribution in [3.63, 3.8) is 0 Å². The highest BCUT2D eigenvalue weighted by molar-refractivity contribution is 9.10. The number of hydrogen-bond acceptors (Lipinski definition) is 4. The van der Waals surface area contributed by atoms with Gasteiger partial charge in [-0.2, -0.15) is 0 Å². The largest absolute Gasteiger partial charge is 0.385 e. The van der Waals surface area contributed by atoms with E-state index in [1.54, 1.807) is 23.8 Å². The van der Waals surface area contributed by atoms with Crippen molar-refractivity contribution >= 4 is 21.7 Å². The van der Waals surface area contributed by atoms with Gasteiger partial charge >= 0.3 is 0 Å². The SMILES string of the molecule is CNCC(O)c1cn2cc(Br)cnc2n1. The fraction of sp³-hybridized carbons (Fsp3) is 0.333. The Morgan fingerprint density at radius 3 is 3.13 bits per heavy atom. The highest BCUT2D eigenvalue weighted by atomic mass is 79.9. The highest BCUT2D eigenvalue weighted by Gasteiger charge is 2.11. The van der Waals surface area contributed by atoms with Gasteiger partial charge in [0.1, 0.15) is 6.10 Å². The third-order valence-electron chi connectivity index (χ3n) is 2.04. The first-order valence-corrected chi connectivity index (χ1v) is 5.33. The summed E-state index contributed by atoms with van der Waals surface area (Å²) in [7, 11) is 1.79. The van der Waals surface area contributed by atoms with Gasteiger partial charge in [-0.1, -0.05) is 0 Å². The zero-order chi connectivity index (χ0) is 10.8. The maximum absolute atomic E-state index is 9.71. The van der Waals surface area contributed by atoms with Gasteiger partial charge in [-0.05, 0) is 23.0 Å². The lowest BCUT2D eigenvalue weighted by Gasteiger charge is -2.04. The van der Waals surface area contributed by atoms with Gasteiger partial charge in [0.25, 0.3) is 0 Å². The topological polar surface area (TPSA) is 62.5 Å². The lowest BCUT2D eigenvalue weighted by Crippen LogP contribution is -2.16. The van der Waals surface area contributed by atoms with Crippen LogP contribution in [0.25, 0.3) is 5.78 Å². The van der Waals surface area contributed by atoms with Crippen LogP contribution in [0.15, 0.2) is 23.1 Å². The van der Waals surface area contributed by atoms with Crippen LogP contribution >= 0.6 is 15.9 Å². The molecule has 0 aliphatic rings. The number of halogens is 1. The number of nitrogens with one attached hydrogen (secondary N) is 1. The number of aromatic nitrogens is 3. The number of hydrogen-bond donors (Lipinski definition) is 2. The van der Waals surface area contributed by atoms with Gasteiger partial charge in [-0.25, -0.2) is 9.97 Å². The van der Waals surface area contributed by atoms with Crippen molar-refractivity contribution in [1.82, 2.24) is 19.7 Å². The first-order valence-electron chi connectivity index (χ1n) is 4.53. The number of fused-ring (bicyclic) bond motifs is 1. The molecule has 0 aliphatic carbocycles. The standard InChI is InChI=1S/C9H11BrN4O/c1-11-3-8(15)7-5-14-4-6(10)2-12-9(14)13-7/h2,4-5,8,11,15H,3H2,1H3. The monoisotopic (exact) mass is 270 g/mol. The fourth-order valence-electron chi connectivity index (χ4n) is 1.34. The second-order valence-electron chi connectivity index (χ2n) is 3.22. The number of aliphatic hydroxyl groups is 1. The average molecular weight is 271 g/mol. The number of likely N-dealkylation sites (N-methyl/N-ethyl adjacent to an activating group) is 1. The lowest BCUT2D eigenvalue weighted by molar-refractivity contribution is 0.173. The summed E-state index contributed by atoms with van der Waals surface area (Å²) < 4.78 is 2.65. The zero-order valence-electron chi connectivity index (χ0n) is 8.18. The van der Waals surface area contributed by atoms with Crippen LogP contribution in [0.1, 0.15) is 11.8 Å².